The minimum Gasteiger partial charge on any atom is -0.493 e. The maximum atomic E-state index is 12.8. The van der Waals surface area contributed by atoms with Gasteiger partial charge in [0, 0.05) is 13.0 Å². The summed E-state index contributed by atoms with van der Waals surface area (Å²) in [6, 6.07) is 11.8. The lowest BCUT2D eigenvalue weighted by atomic mass is 10.1. The molecule has 1 amide bonds. The van der Waals surface area contributed by atoms with Gasteiger partial charge < -0.3 is 14.2 Å². The van der Waals surface area contributed by atoms with Gasteiger partial charge in [0.15, 0.2) is 11.5 Å². The van der Waals surface area contributed by atoms with Crippen LogP contribution in [0.15, 0.2) is 45.8 Å². The minimum atomic E-state index is -0.308. The molecule has 0 N–H and O–H groups in total. The summed E-state index contributed by atoms with van der Waals surface area (Å²) in [6.07, 6.45) is 2.50. The molecule has 1 aliphatic heterocycles. The first-order valence-corrected chi connectivity index (χ1v) is 12.2. The summed E-state index contributed by atoms with van der Waals surface area (Å²) in [5.74, 6) is 0.658. The number of methoxy groups -OCH3 is 2. The van der Waals surface area contributed by atoms with E-state index in [4.69, 9.17) is 21.7 Å². The summed E-state index contributed by atoms with van der Waals surface area (Å²) >= 11 is 10.2. The van der Waals surface area contributed by atoms with E-state index in [1.165, 1.54) is 29.3 Å². The van der Waals surface area contributed by atoms with E-state index >= 15 is 0 Å². The maximum Gasteiger partial charge on any atom is 0.305 e. The van der Waals surface area contributed by atoms with Crippen LogP contribution in [-0.2, 0) is 20.9 Å². The number of halogens is 1. The van der Waals surface area contributed by atoms with E-state index < -0.39 is 0 Å². The normalized spacial score (nSPS) is 14.7. The van der Waals surface area contributed by atoms with Crippen LogP contribution in [0, 0.1) is 6.92 Å². The molecule has 0 saturated carbocycles. The highest BCUT2D eigenvalue weighted by atomic mass is 79.9. The number of carbonyl (C=O) groups excluding carboxylic acids is 2. The van der Waals surface area contributed by atoms with Gasteiger partial charge >= 0.3 is 5.97 Å². The molecule has 6 nitrogen and oxygen atoms in total. The third-order valence-electron chi connectivity index (χ3n) is 4.88. The van der Waals surface area contributed by atoms with Crippen LogP contribution in [-0.4, -0.2) is 41.9 Å². The predicted octanol–water partition coefficient (Wildman–Crippen LogP) is 5.50. The average molecular weight is 550 g/mol. The summed E-state index contributed by atoms with van der Waals surface area (Å²) < 4.78 is 17.4. The van der Waals surface area contributed by atoms with E-state index in [0.717, 1.165) is 11.1 Å². The van der Waals surface area contributed by atoms with Gasteiger partial charge in [0.1, 0.15) is 10.9 Å². The predicted molar refractivity (Wildman–Crippen MR) is 137 cm³/mol. The molecule has 0 unspecified atom stereocenters. The van der Waals surface area contributed by atoms with Gasteiger partial charge in [0.2, 0.25) is 0 Å². The van der Waals surface area contributed by atoms with Gasteiger partial charge in [0.05, 0.1) is 23.6 Å². The molecule has 2 aromatic carbocycles. The average Bonchev–Trinajstić information content (AvgIpc) is 3.05. The van der Waals surface area contributed by atoms with Gasteiger partial charge in [-0.3, -0.25) is 14.5 Å². The standard InChI is InChI=1S/C24H24BrNO5S2/c1-15-6-4-7-16(10-15)14-31-22-18(25)11-17(12-19(22)29-2)13-20-23(28)26(24(32)33-20)9-5-8-21(27)30-3/h4,6-7,10-13H,5,8-9,14H2,1-3H3/b20-13+. The second kappa shape index (κ2) is 11.7. The molecule has 0 atom stereocenters. The number of aryl methyl sites for hydroxylation is 1. The first-order valence-electron chi connectivity index (χ1n) is 10.2. The first kappa shape index (κ1) is 25.3. The van der Waals surface area contributed by atoms with Crippen LogP contribution in [0.3, 0.4) is 0 Å². The van der Waals surface area contributed by atoms with E-state index in [-0.39, 0.29) is 18.3 Å². The molecule has 0 bridgehead atoms. The van der Waals surface area contributed by atoms with Crippen molar-refractivity contribution in [1.82, 2.24) is 4.90 Å². The highest BCUT2D eigenvalue weighted by Gasteiger charge is 2.31. The van der Waals surface area contributed by atoms with E-state index in [1.54, 1.807) is 13.2 Å². The van der Waals surface area contributed by atoms with Crippen molar-refractivity contribution in [3.8, 4) is 11.5 Å². The smallest absolute Gasteiger partial charge is 0.305 e. The second-order valence-electron chi connectivity index (χ2n) is 7.32. The number of benzene rings is 2. The maximum absolute atomic E-state index is 12.8. The minimum absolute atomic E-state index is 0.176. The van der Waals surface area contributed by atoms with Gasteiger partial charge in [-0.25, -0.2) is 0 Å². The lowest BCUT2D eigenvalue weighted by Crippen LogP contribution is -2.29. The Morgan fingerprint density at radius 3 is 2.73 bits per heavy atom. The van der Waals surface area contributed by atoms with Crippen molar-refractivity contribution in [2.75, 3.05) is 20.8 Å². The number of hydrogen-bond acceptors (Lipinski definition) is 7. The van der Waals surface area contributed by atoms with Crippen LogP contribution in [0.4, 0.5) is 0 Å². The fourth-order valence-corrected chi connectivity index (χ4v) is 5.13. The molecule has 0 aliphatic carbocycles. The third-order valence-corrected chi connectivity index (χ3v) is 6.85. The SMILES string of the molecule is COC(=O)CCCN1C(=O)/C(=C\c2cc(Br)c(OCc3cccc(C)c3)c(OC)c2)SC1=S. The fourth-order valence-electron chi connectivity index (χ4n) is 3.25. The Labute approximate surface area is 211 Å². The number of thioether (sulfide) groups is 1. The number of ether oxygens (including phenoxy) is 3. The molecular weight excluding hydrogens is 526 g/mol. The van der Waals surface area contributed by atoms with Crippen molar-refractivity contribution in [3.05, 3.63) is 62.5 Å². The number of amides is 1. The fraction of sp³-hybridized carbons (Fsp3) is 0.292. The summed E-state index contributed by atoms with van der Waals surface area (Å²) in [5.41, 5.74) is 3.00. The molecular formula is C24H24BrNO5S2. The van der Waals surface area contributed by atoms with Crippen molar-refractivity contribution in [1.29, 1.82) is 0 Å². The molecule has 1 saturated heterocycles. The van der Waals surface area contributed by atoms with E-state index in [2.05, 4.69) is 26.7 Å². The molecule has 1 heterocycles. The Bertz CT molecular complexity index is 1100. The van der Waals surface area contributed by atoms with Gasteiger partial charge in [0.25, 0.3) is 5.91 Å². The second-order valence-corrected chi connectivity index (χ2v) is 9.85. The van der Waals surface area contributed by atoms with E-state index in [9.17, 15) is 9.59 Å². The molecule has 9 heteroatoms. The van der Waals surface area contributed by atoms with E-state index in [0.29, 0.717) is 44.8 Å². The number of esters is 1. The van der Waals surface area contributed by atoms with Crippen molar-refractivity contribution in [2.45, 2.75) is 26.4 Å². The zero-order chi connectivity index (χ0) is 24.0. The molecule has 2 aromatic rings. The van der Waals surface area contributed by atoms with Crippen LogP contribution in [0.5, 0.6) is 11.5 Å². The number of thiocarbonyl (C=S) groups is 1. The molecule has 0 aromatic heterocycles. The molecule has 33 heavy (non-hydrogen) atoms. The van der Waals surface area contributed by atoms with E-state index in [1.807, 2.05) is 37.3 Å². The molecule has 1 fully saturated rings. The third kappa shape index (κ3) is 6.59. The van der Waals surface area contributed by atoms with Gasteiger partial charge in [-0.05, 0) is 58.6 Å². The Hall–Kier alpha value is -2.36. The molecule has 1 aliphatic rings. The Morgan fingerprint density at radius 2 is 2.03 bits per heavy atom. The Kier molecular flexibility index (Phi) is 8.94. The number of rotatable bonds is 9. The Balaban J connectivity index is 1.74. The summed E-state index contributed by atoms with van der Waals surface area (Å²) in [7, 11) is 2.92. The van der Waals surface area contributed by atoms with Crippen molar-refractivity contribution >= 4 is 62.2 Å². The molecule has 174 valence electrons. The number of hydrogen-bond donors (Lipinski definition) is 0. The highest BCUT2D eigenvalue weighted by molar-refractivity contribution is 9.10. The van der Waals surface area contributed by atoms with Crippen molar-refractivity contribution < 1.29 is 23.8 Å². The van der Waals surface area contributed by atoms with Crippen molar-refractivity contribution in [2.24, 2.45) is 0 Å². The zero-order valence-electron chi connectivity index (χ0n) is 18.6. The highest BCUT2D eigenvalue weighted by Crippen LogP contribution is 2.39. The number of carbonyl (C=O) groups is 2. The molecule has 0 spiro atoms. The van der Waals surface area contributed by atoms with Gasteiger partial charge in [-0.1, -0.05) is 53.8 Å². The van der Waals surface area contributed by atoms with Crippen molar-refractivity contribution in [3.63, 3.8) is 0 Å². The van der Waals surface area contributed by atoms with Crippen LogP contribution in [0.1, 0.15) is 29.5 Å². The van der Waals surface area contributed by atoms with Crippen LogP contribution in [0.25, 0.3) is 6.08 Å². The van der Waals surface area contributed by atoms with Gasteiger partial charge in [-0.15, -0.1) is 0 Å². The molecule has 0 radical (unpaired) electrons. The summed E-state index contributed by atoms with van der Waals surface area (Å²) in [6.45, 7) is 2.81. The molecule has 3 rings (SSSR count). The monoisotopic (exact) mass is 549 g/mol. The lowest BCUT2D eigenvalue weighted by molar-refractivity contribution is -0.141. The largest absolute Gasteiger partial charge is 0.493 e. The topological polar surface area (TPSA) is 65.1 Å². The van der Waals surface area contributed by atoms with Crippen LogP contribution >= 0.6 is 39.9 Å². The quantitative estimate of drug-likeness (QED) is 0.232. The summed E-state index contributed by atoms with van der Waals surface area (Å²) in [4.78, 5) is 26.2. The van der Waals surface area contributed by atoms with Crippen LogP contribution < -0.4 is 9.47 Å². The lowest BCUT2D eigenvalue weighted by Gasteiger charge is -2.14. The first-order chi connectivity index (χ1) is 15.8. The zero-order valence-corrected chi connectivity index (χ0v) is 21.8. The van der Waals surface area contributed by atoms with Gasteiger partial charge in [-0.2, -0.15) is 0 Å². The number of nitrogens with zero attached hydrogens (tertiary/aromatic N) is 1. The summed E-state index contributed by atoms with van der Waals surface area (Å²) in [5, 5.41) is 0. The Morgan fingerprint density at radius 1 is 1.24 bits per heavy atom. The van der Waals surface area contributed by atoms with Crippen LogP contribution in [0.2, 0.25) is 0 Å².